The Kier molecular flexibility index (Phi) is 4.80. The van der Waals surface area contributed by atoms with Crippen molar-refractivity contribution in [2.45, 2.75) is 38.9 Å². The number of anilines is 1. The van der Waals surface area contributed by atoms with Gasteiger partial charge in [-0.1, -0.05) is 30.3 Å². The van der Waals surface area contributed by atoms with Crippen LogP contribution in [-0.2, 0) is 20.1 Å². The van der Waals surface area contributed by atoms with E-state index >= 15 is 0 Å². The Bertz CT molecular complexity index is 1110. The fraction of sp³-hybridized carbons (Fsp3) is 0.450. The predicted molar refractivity (Wildman–Crippen MR) is 110 cm³/mol. The topological polar surface area (TPSA) is 91.1 Å². The molecule has 0 radical (unpaired) electrons. The number of fused-ring (bicyclic) bond motifs is 1. The third kappa shape index (κ3) is 3.03. The molecule has 0 spiro atoms. The van der Waals surface area contributed by atoms with Gasteiger partial charge in [0.15, 0.2) is 11.2 Å². The first kappa shape index (κ1) is 18.5. The lowest BCUT2D eigenvalue weighted by Crippen LogP contribution is -2.44. The second-order valence-electron chi connectivity index (χ2n) is 7.40. The van der Waals surface area contributed by atoms with Crippen LogP contribution in [0.4, 0.5) is 5.95 Å². The Morgan fingerprint density at radius 2 is 1.93 bits per heavy atom. The van der Waals surface area contributed by atoms with Crippen molar-refractivity contribution in [1.82, 2.24) is 18.7 Å². The summed E-state index contributed by atoms with van der Waals surface area (Å²) in [5.41, 5.74) is 7.51. The molecule has 4 rings (SSSR count). The van der Waals surface area contributed by atoms with Crippen molar-refractivity contribution in [3.05, 3.63) is 56.7 Å². The number of hydrogen-bond donors (Lipinski definition) is 1. The van der Waals surface area contributed by atoms with Crippen LogP contribution in [0.15, 0.2) is 39.9 Å². The maximum Gasteiger partial charge on any atom is 0.332 e. The van der Waals surface area contributed by atoms with Gasteiger partial charge in [0.25, 0.3) is 5.56 Å². The Morgan fingerprint density at radius 1 is 1.18 bits per heavy atom. The Morgan fingerprint density at radius 3 is 2.61 bits per heavy atom. The number of rotatable bonds is 4. The molecule has 1 aromatic carbocycles. The van der Waals surface area contributed by atoms with Gasteiger partial charge in [0.1, 0.15) is 0 Å². The fourth-order valence-corrected chi connectivity index (χ4v) is 3.98. The zero-order chi connectivity index (χ0) is 19.8. The van der Waals surface area contributed by atoms with Crippen LogP contribution >= 0.6 is 0 Å². The smallest absolute Gasteiger partial charge is 0.332 e. The maximum absolute atomic E-state index is 13.0. The number of hydrogen-bond acceptors (Lipinski definition) is 5. The lowest BCUT2D eigenvalue weighted by molar-refractivity contribution is 0.495. The van der Waals surface area contributed by atoms with E-state index in [1.807, 2.05) is 41.8 Å². The van der Waals surface area contributed by atoms with Gasteiger partial charge < -0.3 is 10.6 Å². The Labute approximate surface area is 162 Å². The highest BCUT2D eigenvalue weighted by Gasteiger charge is 2.26. The minimum absolute atomic E-state index is 0.0786. The van der Waals surface area contributed by atoms with Gasteiger partial charge in [-0.3, -0.25) is 18.5 Å². The van der Waals surface area contributed by atoms with Gasteiger partial charge >= 0.3 is 5.69 Å². The van der Waals surface area contributed by atoms with E-state index in [2.05, 4.69) is 4.90 Å². The quantitative estimate of drug-likeness (QED) is 0.724. The molecule has 0 saturated carbocycles. The third-order valence-corrected chi connectivity index (χ3v) is 5.45. The summed E-state index contributed by atoms with van der Waals surface area (Å²) in [6.07, 6.45) is 1.96. The molecule has 2 N–H and O–H groups in total. The molecule has 28 heavy (non-hydrogen) atoms. The van der Waals surface area contributed by atoms with Crippen LogP contribution in [0.2, 0.25) is 0 Å². The first-order valence-corrected chi connectivity index (χ1v) is 9.75. The van der Waals surface area contributed by atoms with Crippen LogP contribution in [0.3, 0.4) is 0 Å². The van der Waals surface area contributed by atoms with Gasteiger partial charge in [0.05, 0.1) is 6.54 Å². The van der Waals surface area contributed by atoms with E-state index < -0.39 is 0 Å². The second-order valence-corrected chi connectivity index (χ2v) is 7.40. The Hall–Kier alpha value is -2.87. The van der Waals surface area contributed by atoms with Crippen molar-refractivity contribution < 1.29 is 0 Å². The van der Waals surface area contributed by atoms with Crippen LogP contribution in [0.5, 0.6) is 0 Å². The van der Waals surface area contributed by atoms with E-state index in [0.717, 1.165) is 24.9 Å². The van der Waals surface area contributed by atoms with Crippen molar-refractivity contribution in [1.29, 1.82) is 0 Å². The number of nitrogens with two attached hydrogens (primary N) is 1. The normalized spacial score (nSPS) is 17.4. The molecule has 1 aliphatic rings. The minimum atomic E-state index is -0.341. The third-order valence-electron chi connectivity index (χ3n) is 5.45. The lowest BCUT2D eigenvalue weighted by atomic mass is 10.1. The summed E-state index contributed by atoms with van der Waals surface area (Å²) in [6.45, 7) is 4.37. The predicted octanol–water partition coefficient (Wildman–Crippen LogP) is 0.892. The molecule has 1 fully saturated rings. The molecule has 3 heterocycles. The summed E-state index contributed by atoms with van der Waals surface area (Å²) in [7, 11) is 1.52. The highest BCUT2D eigenvalue weighted by Crippen LogP contribution is 2.24. The summed E-state index contributed by atoms with van der Waals surface area (Å²) in [4.78, 5) is 32.5. The van der Waals surface area contributed by atoms with Gasteiger partial charge in [-0.2, -0.15) is 4.98 Å². The van der Waals surface area contributed by atoms with E-state index in [1.54, 1.807) is 4.57 Å². The van der Waals surface area contributed by atoms with Crippen molar-refractivity contribution in [2.24, 2.45) is 12.8 Å². The van der Waals surface area contributed by atoms with Gasteiger partial charge in [0.2, 0.25) is 5.95 Å². The molecule has 2 aromatic heterocycles. The van der Waals surface area contributed by atoms with E-state index in [1.165, 1.54) is 11.6 Å². The standard InChI is InChI=1S/C20H26N6O2/c1-3-25-17-16(18(27)23(2)20(25)28)26(12-14-8-5-4-6-9-14)19(22-17)24-11-7-10-15(21)13-24/h4-6,8-9,15H,3,7,10-13,21H2,1-2H3. The second kappa shape index (κ2) is 7.27. The van der Waals surface area contributed by atoms with Crippen LogP contribution in [0.1, 0.15) is 25.3 Å². The molecule has 1 saturated heterocycles. The van der Waals surface area contributed by atoms with Gasteiger partial charge in [-0.15, -0.1) is 0 Å². The summed E-state index contributed by atoms with van der Waals surface area (Å²) in [6, 6.07) is 10.1. The SMILES string of the molecule is CCn1c(=O)n(C)c(=O)c2c1nc(N1CCCC(N)C1)n2Cc1ccccc1. The number of nitrogens with zero attached hydrogens (tertiary/aromatic N) is 5. The van der Waals surface area contributed by atoms with Crippen LogP contribution in [0, 0.1) is 0 Å². The van der Waals surface area contributed by atoms with Crippen molar-refractivity contribution >= 4 is 17.1 Å². The van der Waals surface area contributed by atoms with Gasteiger partial charge in [0, 0.05) is 32.7 Å². The van der Waals surface area contributed by atoms with Crippen LogP contribution < -0.4 is 21.9 Å². The van der Waals surface area contributed by atoms with Crippen molar-refractivity contribution in [3.8, 4) is 0 Å². The van der Waals surface area contributed by atoms with E-state index in [0.29, 0.717) is 36.7 Å². The minimum Gasteiger partial charge on any atom is -0.341 e. The number of piperidine rings is 1. The molecule has 1 unspecified atom stereocenters. The zero-order valence-corrected chi connectivity index (χ0v) is 16.3. The summed E-state index contributed by atoms with van der Waals surface area (Å²) in [5, 5.41) is 0. The molecule has 8 heteroatoms. The Balaban J connectivity index is 1.99. The molecule has 8 nitrogen and oxygen atoms in total. The largest absolute Gasteiger partial charge is 0.341 e. The van der Waals surface area contributed by atoms with E-state index in [-0.39, 0.29) is 17.3 Å². The molecule has 0 amide bonds. The first-order chi connectivity index (χ1) is 13.5. The molecule has 0 bridgehead atoms. The highest BCUT2D eigenvalue weighted by molar-refractivity contribution is 5.75. The van der Waals surface area contributed by atoms with Gasteiger partial charge in [-0.25, -0.2) is 4.79 Å². The molecular weight excluding hydrogens is 356 g/mol. The van der Waals surface area contributed by atoms with Crippen LogP contribution in [0.25, 0.3) is 11.2 Å². The number of benzene rings is 1. The molecule has 148 valence electrons. The van der Waals surface area contributed by atoms with Crippen molar-refractivity contribution in [3.63, 3.8) is 0 Å². The molecule has 1 aliphatic heterocycles. The fourth-order valence-electron chi connectivity index (χ4n) is 3.98. The molecule has 0 aliphatic carbocycles. The zero-order valence-electron chi connectivity index (χ0n) is 16.3. The monoisotopic (exact) mass is 382 g/mol. The van der Waals surface area contributed by atoms with Gasteiger partial charge in [-0.05, 0) is 25.3 Å². The average Bonchev–Trinajstić information content (AvgIpc) is 3.06. The maximum atomic E-state index is 13.0. The number of aryl methyl sites for hydroxylation is 1. The summed E-state index contributed by atoms with van der Waals surface area (Å²) >= 11 is 0. The molecular formula is C20H26N6O2. The molecule has 3 aromatic rings. The summed E-state index contributed by atoms with van der Waals surface area (Å²) in [5.74, 6) is 0.707. The van der Waals surface area contributed by atoms with Crippen molar-refractivity contribution in [2.75, 3.05) is 18.0 Å². The average molecular weight is 382 g/mol. The van der Waals surface area contributed by atoms with E-state index in [9.17, 15) is 9.59 Å². The lowest BCUT2D eigenvalue weighted by Gasteiger charge is -2.31. The number of imidazole rings is 1. The molecule has 1 atom stereocenters. The van der Waals surface area contributed by atoms with E-state index in [4.69, 9.17) is 10.7 Å². The first-order valence-electron chi connectivity index (χ1n) is 9.75. The highest BCUT2D eigenvalue weighted by atomic mass is 16.2. The van der Waals surface area contributed by atoms with Crippen LogP contribution in [-0.4, -0.2) is 37.8 Å². The number of aromatic nitrogens is 4. The summed E-state index contributed by atoms with van der Waals surface area (Å²) < 4.78 is 4.67.